The molecule has 0 radical (unpaired) electrons. The van der Waals surface area contributed by atoms with Crippen molar-refractivity contribution in [3.05, 3.63) is 22.4 Å². The van der Waals surface area contributed by atoms with Crippen LogP contribution in [0.25, 0.3) is 0 Å². The summed E-state index contributed by atoms with van der Waals surface area (Å²) in [6.07, 6.45) is 2.26. The maximum atomic E-state index is 12.1. The molecule has 1 aromatic heterocycles. The Morgan fingerprint density at radius 2 is 2.42 bits per heavy atom. The van der Waals surface area contributed by atoms with Gasteiger partial charge in [0.1, 0.15) is 6.54 Å². The van der Waals surface area contributed by atoms with E-state index in [4.69, 9.17) is 0 Å². The van der Waals surface area contributed by atoms with Gasteiger partial charge in [0.05, 0.1) is 30.0 Å². The highest BCUT2D eigenvalue weighted by Gasteiger charge is 2.34. The molecule has 1 N–H and O–H groups in total. The number of likely N-dealkylation sites (tertiary alicyclic amines) is 1. The number of carbonyl (C=O) groups is 1. The van der Waals surface area contributed by atoms with E-state index in [0.717, 1.165) is 6.42 Å². The van der Waals surface area contributed by atoms with Crippen LogP contribution < -0.4 is 0 Å². The molecule has 2 heterocycles. The van der Waals surface area contributed by atoms with Gasteiger partial charge in [-0.15, -0.1) is 0 Å². The Bertz CT molecular complexity index is 487. The lowest BCUT2D eigenvalue weighted by atomic mass is 10.0. The summed E-state index contributed by atoms with van der Waals surface area (Å²) in [5.41, 5.74) is 0. The normalized spacial score (nSPS) is 22.7. The van der Waals surface area contributed by atoms with Crippen molar-refractivity contribution in [3.63, 3.8) is 0 Å². The monoisotopic (exact) mass is 268 g/mol. The number of hydrogen-bond acceptors (Lipinski definition) is 5. The molecule has 1 saturated heterocycles. The second-order valence-electron chi connectivity index (χ2n) is 4.73. The average molecular weight is 268 g/mol. The van der Waals surface area contributed by atoms with Crippen LogP contribution in [-0.2, 0) is 11.3 Å². The number of rotatable bonds is 4. The van der Waals surface area contributed by atoms with E-state index in [1.54, 1.807) is 4.90 Å². The van der Waals surface area contributed by atoms with Crippen LogP contribution >= 0.6 is 0 Å². The van der Waals surface area contributed by atoms with E-state index >= 15 is 0 Å². The summed E-state index contributed by atoms with van der Waals surface area (Å²) in [5, 5.41) is 23.5. The van der Waals surface area contributed by atoms with Crippen LogP contribution in [0.5, 0.6) is 0 Å². The first-order valence-electron chi connectivity index (χ1n) is 6.11. The van der Waals surface area contributed by atoms with Crippen molar-refractivity contribution in [2.24, 2.45) is 5.92 Å². The Morgan fingerprint density at radius 1 is 1.68 bits per heavy atom. The van der Waals surface area contributed by atoms with Crippen molar-refractivity contribution in [2.75, 3.05) is 13.2 Å². The maximum absolute atomic E-state index is 12.1. The molecule has 1 aliphatic heterocycles. The van der Waals surface area contributed by atoms with Crippen LogP contribution in [0.15, 0.2) is 12.3 Å². The minimum Gasteiger partial charge on any atom is -0.394 e. The van der Waals surface area contributed by atoms with Crippen LogP contribution in [0.2, 0.25) is 0 Å². The molecule has 1 aliphatic rings. The van der Waals surface area contributed by atoms with Gasteiger partial charge in [-0.2, -0.15) is 4.68 Å². The molecule has 2 atom stereocenters. The predicted molar refractivity (Wildman–Crippen MR) is 65.2 cm³/mol. The first-order chi connectivity index (χ1) is 9.02. The molecule has 0 bridgehead atoms. The standard InChI is InChI=1S/C11H16N4O4/c1-8-2-5-14(9(8)7-16)11(17)6-13-4-3-10(12-13)15(18)19/h3-4,8-9,16H,2,5-7H2,1H3. The lowest BCUT2D eigenvalue weighted by molar-refractivity contribution is -0.389. The first-order valence-corrected chi connectivity index (χ1v) is 6.11. The van der Waals surface area contributed by atoms with Crippen molar-refractivity contribution >= 4 is 11.7 Å². The van der Waals surface area contributed by atoms with Gasteiger partial charge in [0.2, 0.25) is 5.91 Å². The lowest BCUT2D eigenvalue weighted by Crippen LogP contribution is -2.41. The van der Waals surface area contributed by atoms with Crippen molar-refractivity contribution in [2.45, 2.75) is 25.9 Å². The summed E-state index contributed by atoms with van der Waals surface area (Å²) in [4.78, 5) is 23.6. The minimum atomic E-state index is -0.602. The number of aliphatic hydroxyl groups excluding tert-OH is 1. The summed E-state index contributed by atoms with van der Waals surface area (Å²) in [6, 6.07) is 1.08. The van der Waals surface area contributed by atoms with Gasteiger partial charge in [-0.05, 0) is 17.3 Å². The van der Waals surface area contributed by atoms with E-state index in [1.165, 1.54) is 16.9 Å². The van der Waals surface area contributed by atoms with Crippen LogP contribution in [0.1, 0.15) is 13.3 Å². The van der Waals surface area contributed by atoms with Crippen LogP contribution in [0, 0.1) is 16.0 Å². The molecule has 8 nitrogen and oxygen atoms in total. The third-order valence-electron chi connectivity index (χ3n) is 3.50. The number of amides is 1. The highest BCUT2D eigenvalue weighted by Crippen LogP contribution is 2.23. The van der Waals surface area contributed by atoms with Gasteiger partial charge in [0.15, 0.2) is 0 Å². The zero-order chi connectivity index (χ0) is 14.0. The van der Waals surface area contributed by atoms with E-state index in [1.807, 2.05) is 6.92 Å². The molecule has 1 fully saturated rings. The molecule has 0 aromatic carbocycles. The molecule has 8 heteroatoms. The maximum Gasteiger partial charge on any atom is 0.389 e. The Hall–Kier alpha value is -1.96. The number of carbonyl (C=O) groups excluding carboxylic acids is 1. The van der Waals surface area contributed by atoms with E-state index in [2.05, 4.69) is 5.10 Å². The van der Waals surface area contributed by atoms with Gasteiger partial charge in [-0.25, -0.2) is 0 Å². The lowest BCUT2D eigenvalue weighted by Gasteiger charge is -2.24. The first kappa shape index (κ1) is 13.5. The van der Waals surface area contributed by atoms with Crippen LogP contribution in [-0.4, -0.2) is 49.8 Å². The van der Waals surface area contributed by atoms with Gasteiger partial charge in [-0.3, -0.25) is 4.79 Å². The number of nitro groups is 1. The fourth-order valence-electron chi connectivity index (χ4n) is 2.36. The molecule has 2 unspecified atom stereocenters. The van der Waals surface area contributed by atoms with Gasteiger partial charge < -0.3 is 20.1 Å². The summed E-state index contributed by atoms with van der Waals surface area (Å²) in [6.45, 7) is 2.49. The fraction of sp³-hybridized carbons (Fsp3) is 0.636. The third-order valence-corrected chi connectivity index (χ3v) is 3.50. The Balaban J connectivity index is 2.02. The molecule has 1 amide bonds. The highest BCUT2D eigenvalue weighted by molar-refractivity contribution is 5.76. The van der Waals surface area contributed by atoms with Crippen molar-refractivity contribution in [1.82, 2.24) is 14.7 Å². The number of nitrogens with zero attached hydrogens (tertiary/aromatic N) is 4. The average Bonchev–Trinajstić information content (AvgIpc) is 2.95. The van der Waals surface area contributed by atoms with Gasteiger partial charge in [-0.1, -0.05) is 6.92 Å². The molecule has 0 saturated carbocycles. The highest BCUT2D eigenvalue weighted by atomic mass is 16.6. The number of hydrogen-bond donors (Lipinski definition) is 1. The van der Waals surface area contributed by atoms with Crippen molar-refractivity contribution in [1.29, 1.82) is 0 Å². The minimum absolute atomic E-state index is 0.0446. The summed E-state index contributed by atoms with van der Waals surface area (Å²) < 4.78 is 1.25. The number of aliphatic hydroxyl groups is 1. The fourth-order valence-corrected chi connectivity index (χ4v) is 2.36. The van der Waals surface area contributed by atoms with E-state index in [-0.39, 0.29) is 36.8 Å². The van der Waals surface area contributed by atoms with Gasteiger partial charge in [0, 0.05) is 6.54 Å². The molecular formula is C11H16N4O4. The summed E-state index contributed by atoms with van der Waals surface area (Å²) >= 11 is 0. The zero-order valence-electron chi connectivity index (χ0n) is 10.6. The molecule has 0 aliphatic carbocycles. The molecule has 19 heavy (non-hydrogen) atoms. The predicted octanol–water partition coefficient (Wildman–Crippen LogP) is 0.0206. The van der Waals surface area contributed by atoms with E-state index < -0.39 is 4.92 Å². The molecule has 2 rings (SSSR count). The van der Waals surface area contributed by atoms with Crippen molar-refractivity contribution < 1.29 is 14.8 Å². The molecule has 1 aromatic rings. The molecule has 104 valence electrons. The van der Waals surface area contributed by atoms with Crippen molar-refractivity contribution in [3.8, 4) is 0 Å². The Kier molecular flexibility index (Phi) is 3.79. The Morgan fingerprint density at radius 3 is 3.00 bits per heavy atom. The second kappa shape index (κ2) is 5.35. The van der Waals surface area contributed by atoms with Gasteiger partial charge in [0.25, 0.3) is 0 Å². The number of aromatic nitrogens is 2. The SMILES string of the molecule is CC1CCN(C(=O)Cn2ccc([N+](=O)[O-])n2)C1CO. The van der Waals surface area contributed by atoms with Crippen LogP contribution in [0.3, 0.4) is 0 Å². The van der Waals surface area contributed by atoms with Gasteiger partial charge >= 0.3 is 5.82 Å². The summed E-state index contributed by atoms with van der Waals surface area (Å²) in [5.74, 6) is -0.191. The topological polar surface area (TPSA) is 102 Å². The Labute approximate surface area is 109 Å². The third kappa shape index (κ3) is 2.73. The van der Waals surface area contributed by atoms with E-state index in [0.29, 0.717) is 6.54 Å². The molecular weight excluding hydrogens is 252 g/mol. The second-order valence-corrected chi connectivity index (χ2v) is 4.73. The zero-order valence-corrected chi connectivity index (χ0v) is 10.6. The van der Waals surface area contributed by atoms with E-state index in [9.17, 15) is 20.0 Å². The largest absolute Gasteiger partial charge is 0.394 e. The summed E-state index contributed by atoms with van der Waals surface area (Å²) in [7, 11) is 0. The van der Waals surface area contributed by atoms with Crippen LogP contribution in [0.4, 0.5) is 5.82 Å². The molecule has 0 spiro atoms. The smallest absolute Gasteiger partial charge is 0.389 e. The quantitative estimate of drug-likeness (QED) is 0.612.